The summed E-state index contributed by atoms with van der Waals surface area (Å²) in [6.45, 7) is 3.04. The number of carbonyl (C=O) groups excluding carboxylic acids is 4. The van der Waals surface area contributed by atoms with E-state index in [0.29, 0.717) is 22.6 Å². The van der Waals surface area contributed by atoms with E-state index >= 15 is 0 Å². The van der Waals surface area contributed by atoms with Crippen molar-refractivity contribution >= 4 is 23.7 Å². The third-order valence-corrected chi connectivity index (χ3v) is 5.02. The number of carbonyl (C=O) groups is 4. The van der Waals surface area contributed by atoms with Gasteiger partial charge in [-0.05, 0) is 38.1 Å². The zero-order valence-corrected chi connectivity index (χ0v) is 18.9. The van der Waals surface area contributed by atoms with Crippen LogP contribution in [0.2, 0.25) is 0 Å². The zero-order valence-electron chi connectivity index (χ0n) is 18.9. The van der Waals surface area contributed by atoms with Crippen LogP contribution in [0.4, 0.5) is 0 Å². The van der Waals surface area contributed by atoms with E-state index in [2.05, 4.69) is 5.10 Å². The third kappa shape index (κ3) is 4.84. The van der Waals surface area contributed by atoms with Crippen LogP contribution in [-0.4, -0.2) is 58.9 Å². The normalized spacial score (nSPS) is 10.6. The number of nitrogens with zero attached hydrogens (tertiary/aromatic N) is 3. The fraction of sp³-hybridized carbons (Fsp3) is 0.261. The average molecular weight is 453 g/mol. The molecular formula is C23H23N3O7. The van der Waals surface area contributed by atoms with Gasteiger partial charge in [-0.2, -0.15) is 5.10 Å². The highest BCUT2D eigenvalue weighted by molar-refractivity contribution is 6.01. The van der Waals surface area contributed by atoms with Crippen molar-refractivity contribution in [3.63, 3.8) is 0 Å². The van der Waals surface area contributed by atoms with Crippen molar-refractivity contribution in [2.24, 2.45) is 7.05 Å². The van der Waals surface area contributed by atoms with E-state index in [9.17, 15) is 19.2 Å². The lowest BCUT2D eigenvalue weighted by atomic mass is 10.1. The monoisotopic (exact) mass is 453 g/mol. The molecule has 2 heterocycles. The molecule has 1 aromatic carbocycles. The lowest BCUT2D eigenvalue weighted by molar-refractivity contribution is 0.0474. The number of esters is 3. The van der Waals surface area contributed by atoms with Gasteiger partial charge in [-0.25, -0.2) is 14.4 Å². The number of ketones is 1. The highest BCUT2D eigenvalue weighted by Crippen LogP contribution is 2.24. The molecule has 0 saturated heterocycles. The Morgan fingerprint density at radius 2 is 1.48 bits per heavy atom. The predicted octanol–water partition coefficient (Wildman–Crippen LogP) is 2.44. The topological polar surface area (TPSA) is 119 Å². The van der Waals surface area contributed by atoms with Gasteiger partial charge in [0.2, 0.25) is 5.78 Å². The molecule has 0 bridgehead atoms. The molecule has 10 heteroatoms. The van der Waals surface area contributed by atoms with Gasteiger partial charge in [-0.1, -0.05) is 0 Å². The molecule has 0 unspecified atom stereocenters. The number of aryl methyl sites for hydroxylation is 2. The number of aromatic nitrogens is 3. The van der Waals surface area contributed by atoms with Crippen LogP contribution in [0.5, 0.6) is 0 Å². The summed E-state index contributed by atoms with van der Waals surface area (Å²) >= 11 is 0. The van der Waals surface area contributed by atoms with E-state index in [1.807, 2.05) is 0 Å². The Morgan fingerprint density at radius 3 is 2.00 bits per heavy atom. The quantitative estimate of drug-likeness (QED) is 0.304. The van der Waals surface area contributed by atoms with E-state index in [-0.39, 0.29) is 16.7 Å². The summed E-state index contributed by atoms with van der Waals surface area (Å²) in [6, 6.07) is 6.13. The summed E-state index contributed by atoms with van der Waals surface area (Å²) in [5, 5.41) is 3.90. The Labute approximate surface area is 189 Å². The molecule has 172 valence electrons. The minimum atomic E-state index is -0.654. The fourth-order valence-electron chi connectivity index (χ4n) is 3.47. The van der Waals surface area contributed by atoms with Crippen LogP contribution >= 0.6 is 0 Å². The lowest BCUT2D eigenvalue weighted by Crippen LogP contribution is -2.15. The minimum absolute atomic E-state index is 0.154. The molecule has 0 N–H and O–H groups in total. The largest absolute Gasteiger partial charge is 0.465 e. The van der Waals surface area contributed by atoms with Crippen molar-refractivity contribution in [1.82, 2.24) is 14.3 Å². The van der Waals surface area contributed by atoms with Gasteiger partial charge in [-0.15, -0.1) is 0 Å². The number of Topliss-reactive ketones (excluding diaryl/α,β-unsaturated/α-hetero) is 1. The third-order valence-electron chi connectivity index (χ3n) is 5.02. The molecule has 10 nitrogen and oxygen atoms in total. The Bertz CT molecular complexity index is 1220. The van der Waals surface area contributed by atoms with Crippen molar-refractivity contribution in [3.05, 3.63) is 70.3 Å². The first kappa shape index (κ1) is 23.5. The van der Waals surface area contributed by atoms with Gasteiger partial charge < -0.3 is 18.8 Å². The summed E-state index contributed by atoms with van der Waals surface area (Å²) in [5.41, 5.74) is 2.59. The van der Waals surface area contributed by atoms with E-state index in [4.69, 9.17) is 14.2 Å². The van der Waals surface area contributed by atoms with Crippen LogP contribution in [0, 0.1) is 13.8 Å². The molecule has 0 spiro atoms. The van der Waals surface area contributed by atoms with Gasteiger partial charge in [-0.3, -0.25) is 9.48 Å². The summed E-state index contributed by atoms with van der Waals surface area (Å²) in [7, 11) is 4.14. The number of ether oxygens (including phenoxy) is 3. The summed E-state index contributed by atoms with van der Waals surface area (Å²) < 4.78 is 17.9. The van der Waals surface area contributed by atoms with Gasteiger partial charge in [0.05, 0.1) is 37.1 Å². The van der Waals surface area contributed by atoms with Crippen LogP contribution < -0.4 is 0 Å². The molecule has 3 rings (SSSR count). The van der Waals surface area contributed by atoms with Gasteiger partial charge in [0, 0.05) is 35.9 Å². The molecular weight excluding hydrogens is 430 g/mol. The second kappa shape index (κ2) is 9.51. The maximum atomic E-state index is 12.8. The van der Waals surface area contributed by atoms with E-state index < -0.39 is 30.3 Å². The highest BCUT2D eigenvalue weighted by Gasteiger charge is 2.21. The standard InChI is InChI=1S/C23H23N3O7/c1-13-6-19(20(27)12-33-23(30)17-10-24-25(3)11-17)14(2)26(13)18-8-15(21(28)31-4)7-16(9-18)22(29)32-5/h6-11H,12H2,1-5H3. The first-order valence-corrected chi connectivity index (χ1v) is 9.86. The fourth-order valence-corrected chi connectivity index (χ4v) is 3.47. The van der Waals surface area contributed by atoms with Crippen molar-refractivity contribution in [1.29, 1.82) is 0 Å². The second-order valence-electron chi connectivity index (χ2n) is 7.27. The lowest BCUT2D eigenvalue weighted by Gasteiger charge is -2.13. The van der Waals surface area contributed by atoms with Crippen molar-refractivity contribution < 1.29 is 33.4 Å². The number of methoxy groups -OCH3 is 2. The zero-order chi connectivity index (χ0) is 24.3. The number of benzene rings is 1. The molecule has 0 amide bonds. The molecule has 2 aromatic heterocycles. The molecule has 0 saturated carbocycles. The van der Waals surface area contributed by atoms with Crippen molar-refractivity contribution in [3.8, 4) is 5.69 Å². The van der Waals surface area contributed by atoms with Crippen LogP contribution in [0.1, 0.15) is 52.8 Å². The van der Waals surface area contributed by atoms with E-state index in [1.54, 1.807) is 43.7 Å². The smallest absolute Gasteiger partial charge is 0.341 e. The van der Waals surface area contributed by atoms with Crippen LogP contribution in [0.25, 0.3) is 5.69 Å². The Hall–Kier alpha value is -4.21. The summed E-state index contributed by atoms with van der Waals surface area (Å²) in [4.78, 5) is 49.1. The Kier molecular flexibility index (Phi) is 6.76. The van der Waals surface area contributed by atoms with Crippen LogP contribution in [0.15, 0.2) is 36.7 Å². The number of rotatable bonds is 7. The molecule has 0 aliphatic carbocycles. The molecule has 33 heavy (non-hydrogen) atoms. The second-order valence-corrected chi connectivity index (χ2v) is 7.27. The molecule has 0 aliphatic rings. The van der Waals surface area contributed by atoms with E-state index in [1.165, 1.54) is 37.4 Å². The van der Waals surface area contributed by atoms with Crippen LogP contribution in [0.3, 0.4) is 0 Å². The predicted molar refractivity (Wildman–Crippen MR) is 116 cm³/mol. The summed E-state index contributed by atoms with van der Waals surface area (Å²) in [6.07, 6.45) is 2.84. The van der Waals surface area contributed by atoms with E-state index in [0.717, 1.165) is 0 Å². The van der Waals surface area contributed by atoms with Gasteiger partial charge in [0.15, 0.2) is 6.61 Å². The Balaban J connectivity index is 1.92. The summed E-state index contributed by atoms with van der Waals surface area (Å²) in [5.74, 6) is -2.30. The molecule has 0 aliphatic heterocycles. The Morgan fingerprint density at radius 1 is 0.879 bits per heavy atom. The molecule has 0 radical (unpaired) electrons. The van der Waals surface area contributed by atoms with Gasteiger partial charge >= 0.3 is 17.9 Å². The maximum absolute atomic E-state index is 12.8. The van der Waals surface area contributed by atoms with Crippen molar-refractivity contribution in [2.45, 2.75) is 13.8 Å². The van der Waals surface area contributed by atoms with Gasteiger partial charge in [0.25, 0.3) is 0 Å². The number of hydrogen-bond donors (Lipinski definition) is 0. The van der Waals surface area contributed by atoms with Crippen molar-refractivity contribution in [2.75, 3.05) is 20.8 Å². The minimum Gasteiger partial charge on any atom is -0.465 e. The van der Waals surface area contributed by atoms with Crippen LogP contribution in [-0.2, 0) is 21.3 Å². The first-order chi connectivity index (χ1) is 15.7. The SMILES string of the molecule is COC(=O)c1cc(C(=O)OC)cc(-n2c(C)cc(C(=O)COC(=O)c3cnn(C)c3)c2C)c1. The maximum Gasteiger partial charge on any atom is 0.341 e. The molecule has 0 fully saturated rings. The molecule has 0 atom stereocenters. The first-order valence-electron chi connectivity index (χ1n) is 9.86. The average Bonchev–Trinajstić information content (AvgIpc) is 3.38. The van der Waals surface area contributed by atoms with Gasteiger partial charge in [0.1, 0.15) is 0 Å². The highest BCUT2D eigenvalue weighted by atomic mass is 16.5. The number of hydrogen-bond acceptors (Lipinski definition) is 8. The molecule has 3 aromatic rings.